The number of hydrogen-bond acceptors (Lipinski definition) is 15. The standard InChI is InChI=1S/C51H68N6O12/c1-27(2)12-11-19-49(8)20-18-31-41(67-49)30(14-13-28(3)4)43-38(42(31)66-35(59)16-15-34(58)57-24-22-56(9)23-25-57)40(60)39-36(37(45(52)54-63)46(53)55-64)32-26-33-48(6,7)69-50(44(32)61,51(33,39)68-43)21-17-29(5)47(62)65-10/h12-13,17-18,20,32-33,36-37,39,63-64H,11,14-16,19,21-26H2,1-10H3,(H2,52,54)(H2,53,55)/b29-17-. The van der Waals surface area contributed by atoms with E-state index in [1.54, 1.807) is 17.9 Å². The number of nitrogens with zero attached hydrogens (tertiary/aromatic N) is 4. The summed E-state index contributed by atoms with van der Waals surface area (Å²) < 4.78 is 33.1. The van der Waals surface area contributed by atoms with Crippen molar-refractivity contribution >= 4 is 47.2 Å². The number of allylic oxidation sites excluding steroid dienone is 4. The zero-order valence-corrected chi connectivity index (χ0v) is 41.5. The van der Waals surface area contributed by atoms with Crippen LogP contribution in [0.1, 0.15) is 115 Å². The van der Waals surface area contributed by atoms with Crippen LogP contribution >= 0.6 is 0 Å². The first-order chi connectivity index (χ1) is 32.5. The number of rotatable bonds is 15. The van der Waals surface area contributed by atoms with Crippen molar-refractivity contribution in [3.63, 3.8) is 0 Å². The van der Waals surface area contributed by atoms with Gasteiger partial charge in [-0.15, -0.1) is 0 Å². The second kappa shape index (κ2) is 19.1. The van der Waals surface area contributed by atoms with E-state index in [9.17, 15) is 24.8 Å². The van der Waals surface area contributed by atoms with E-state index in [1.165, 1.54) is 13.2 Å². The first kappa shape index (κ1) is 50.9. The van der Waals surface area contributed by atoms with E-state index in [-0.39, 0.29) is 60.6 Å². The molecule has 2 saturated heterocycles. The molecule has 1 amide bonds. The highest BCUT2D eigenvalue weighted by atomic mass is 16.6. The first-order valence-electron chi connectivity index (χ1n) is 23.7. The quantitative estimate of drug-likeness (QED) is 0.0248. The molecular formula is C51H68N6O12. The molecule has 0 radical (unpaired) electrons. The molecule has 4 aliphatic heterocycles. The summed E-state index contributed by atoms with van der Waals surface area (Å²) in [6.07, 6.45) is 10.1. The van der Waals surface area contributed by atoms with Crippen LogP contribution in [0.15, 0.2) is 51.3 Å². The van der Waals surface area contributed by atoms with E-state index in [2.05, 4.69) is 21.3 Å². The molecule has 69 heavy (non-hydrogen) atoms. The number of esters is 2. The lowest BCUT2D eigenvalue weighted by molar-refractivity contribution is -0.212. The number of Topliss-reactive ketones (excluding diaryl/α,β-unsaturated/α-hetero) is 2. The summed E-state index contributed by atoms with van der Waals surface area (Å²) in [6, 6.07) is 0. The number of carbonyl (C=O) groups is 5. The van der Waals surface area contributed by atoms with Gasteiger partial charge in [-0.05, 0) is 106 Å². The van der Waals surface area contributed by atoms with Crippen molar-refractivity contribution in [1.82, 2.24) is 9.80 Å². The predicted octanol–water partition coefficient (Wildman–Crippen LogP) is 5.50. The number of oxime groups is 2. The minimum atomic E-state index is -1.95. The van der Waals surface area contributed by atoms with E-state index in [0.29, 0.717) is 55.9 Å². The Bertz CT molecular complexity index is 2470. The van der Waals surface area contributed by atoms with Crippen LogP contribution in [0.2, 0.25) is 0 Å². The first-order valence-corrected chi connectivity index (χ1v) is 23.7. The summed E-state index contributed by atoms with van der Waals surface area (Å²) in [5.41, 5.74) is 9.75. The molecule has 1 aromatic carbocycles. The fourth-order valence-corrected chi connectivity index (χ4v) is 11.8. The maximum Gasteiger partial charge on any atom is 0.333 e. The molecule has 7 aliphatic rings. The zero-order valence-electron chi connectivity index (χ0n) is 41.5. The fourth-order valence-electron chi connectivity index (χ4n) is 11.8. The number of fused-ring (bicyclic) bond motifs is 2. The summed E-state index contributed by atoms with van der Waals surface area (Å²) in [7, 11) is 3.22. The number of nitrogens with two attached hydrogens (primary N) is 2. The third-order valence-electron chi connectivity index (χ3n) is 15.2. The molecule has 8 rings (SSSR count). The van der Waals surface area contributed by atoms with Crippen LogP contribution in [0, 0.1) is 29.6 Å². The van der Waals surface area contributed by atoms with Gasteiger partial charge in [-0.1, -0.05) is 39.7 Å². The van der Waals surface area contributed by atoms with Crippen LogP contribution in [0.3, 0.4) is 0 Å². The molecule has 4 heterocycles. The maximum atomic E-state index is 16.5. The normalized spacial score (nSPS) is 29.5. The van der Waals surface area contributed by atoms with Crippen LogP contribution in [-0.4, -0.2) is 124 Å². The monoisotopic (exact) mass is 956 g/mol. The average Bonchev–Trinajstić information content (AvgIpc) is 3.44. The van der Waals surface area contributed by atoms with Crippen LogP contribution < -0.4 is 25.7 Å². The van der Waals surface area contributed by atoms with Gasteiger partial charge < -0.3 is 55.4 Å². The van der Waals surface area contributed by atoms with Crippen LogP contribution in [0.25, 0.3) is 6.08 Å². The molecule has 5 fully saturated rings. The van der Waals surface area contributed by atoms with E-state index in [1.807, 2.05) is 67.7 Å². The largest absolute Gasteiger partial charge is 0.482 e. The number of carbonyl (C=O) groups excluding carboxylic acids is 5. The van der Waals surface area contributed by atoms with Gasteiger partial charge in [-0.25, -0.2) is 4.79 Å². The molecule has 6 N–H and O–H groups in total. The highest BCUT2D eigenvalue weighted by molar-refractivity contribution is 6.13. The molecule has 18 heteroatoms. The van der Waals surface area contributed by atoms with Gasteiger partial charge in [-0.2, -0.15) is 0 Å². The number of ether oxygens (including phenoxy) is 5. The Morgan fingerprint density at radius 2 is 1.58 bits per heavy atom. The van der Waals surface area contributed by atoms with Gasteiger partial charge in [0.05, 0.1) is 36.5 Å². The average molecular weight is 957 g/mol. The second-order valence-corrected chi connectivity index (χ2v) is 20.7. The van der Waals surface area contributed by atoms with Crippen molar-refractivity contribution in [3.8, 4) is 17.2 Å². The number of amides is 1. The molecular weight excluding hydrogens is 889 g/mol. The minimum Gasteiger partial charge on any atom is -0.482 e. The summed E-state index contributed by atoms with van der Waals surface area (Å²) in [5, 5.41) is 26.9. The van der Waals surface area contributed by atoms with Crippen molar-refractivity contribution in [1.29, 1.82) is 0 Å². The lowest BCUT2D eigenvalue weighted by Gasteiger charge is -2.64. The number of likely N-dealkylation sites (N-methyl/N-ethyl adjacent to an activating group) is 1. The molecule has 3 saturated carbocycles. The predicted molar refractivity (Wildman–Crippen MR) is 255 cm³/mol. The van der Waals surface area contributed by atoms with E-state index in [4.69, 9.17) is 35.2 Å². The molecule has 8 unspecified atom stereocenters. The Morgan fingerprint density at radius 3 is 2.19 bits per heavy atom. The smallest absolute Gasteiger partial charge is 0.333 e. The third kappa shape index (κ3) is 8.72. The summed E-state index contributed by atoms with van der Waals surface area (Å²) >= 11 is 0. The van der Waals surface area contributed by atoms with Crippen molar-refractivity contribution in [3.05, 3.63) is 57.7 Å². The molecule has 8 atom stereocenters. The molecule has 1 spiro atoms. The summed E-state index contributed by atoms with van der Waals surface area (Å²) in [6.45, 7) is 17.4. The summed E-state index contributed by atoms with van der Waals surface area (Å²) in [5.74, 6) is -9.63. The van der Waals surface area contributed by atoms with Crippen LogP contribution in [-0.2, 0) is 35.1 Å². The number of amidine groups is 2. The van der Waals surface area contributed by atoms with Crippen molar-refractivity contribution in [2.24, 2.45) is 51.4 Å². The van der Waals surface area contributed by atoms with Gasteiger partial charge in [0.2, 0.25) is 5.91 Å². The number of ketones is 2. The van der Waals surface area contributed by atoms with Gasteiger partial charge in [0.1, 0.15) is 34.3 Å². The fraction of sp³-hybridized carbons (Fsp3) is 0.588. The molecule has 3 aliphatic carbocycles. The lowest BCUT2D eigenvalue weighted by atomic mass is 9.41. The second-order valence-electron chi connectivity index (χ2n) is 20.7. The van der Waals surface area contributed by atoms with E-state index in [0.717, 1.165) is 11.1 Å². The highest BCUT2D eigenvalue weighted by Gasteiger charge is 2.86. The Morgan fingerprint density at radius 1 is 0.928 bits per heavy atom. The van der Waals surface area contributed by atoms with E-state index < -0.39 is 87.2 Å². The Labute approximate surface area is 403 Å². The summed E-state index contributed by atoms with van der Waals surface area (Å²) in [4.78, 5) is 76.5. The number of piperazine rings is 1. The Balaban J connectivity index is 1.51. The lowest BCUT2D eigenvalue weighted by Crippen LogP contribution is -2.80. The Kier molecular flexibility index (Phi) is 14.0. The molecule has 1 aromatic rings. The maximum absolute atomic E-state index is 16.5. The van der Waals surface area contributed by atoms with Crippen molar-refractivity contribution < 1.29 is 58.1 Å². The van der Waals surface area contributed by atoms with Gasteiger partial charge in [0, 0.05) is 62.0 Å². The van der Waals surface area contributed by atoms with Gasteiger partial charge in [0.25, 0.3) is 0 Å². The van der Waals surface area contributed by atoms with Gasteiger partial charge >= 0.3 is 11.9 Å². The molecule has 0 aromatic heterocycles. The molecule has 374 valence electrons. The van der Waals surface area contributed by atoms with Crippen LogP contribution in [0.4, 0.5) is 0 Å². The van der Waals surface area contributed by atoms with Crippen molar-refractivity contribution in [2.75, 3.05) is 40.3 Å². The minimum absolute atomic E-state index is 0.00569. The number of methoxy groups -OCH3 is 1. The van der Waals surface area contributed by atoms with E-state index >= 15 is 9.59 Å². The van der Waals surface area contributed by atoms with Crippen LogP contribution in [0.5, 0.6) is 17.2 Å². The highest BCUT2D eigenvalue weighted by Crippen LogP contribution is 2.72. The molecule has 18 nitrogen and oxygen atoms in total. The number of benzene rings is 1. The number of hydrogen-bond donors (Lipinski definition) is 4. The SMILES string of the molecule is COC(=O)/C(C)=C\CC12OC(C)(C)C3CC(C1=O)C(C(/C(N)=N/O)/C(N)=N\O)C1C(=O)c4c(OC(=O)CCC(=O)N5CCN(C)CC5)c5c(c(CC=C(C)C)c4OC132)OC(C)(CCC=C(C)C)C=C5. The molecule has 4 bridgehead atoms. The zero-order chi connectivity index (χ0) is 50.5. The van der Waals surface area contributed by atoms with Gasteiger partial charge in [0.15, 0.2) is 28.5 Å². The van der Waals surface area contributed by atoms with Gasteiger partial charge in [-0.3, -0.25) is 19.2 Å². The topological polar surface area (TPSA) is 255 Å². The Hall–Kier alpha value is -6.01. The third-order valence-corrected chi connectivity index (χ3v) is 15.2. The van der Waals surface area contributed by atoms with Crippen molar-refractivity contribution in [2.45, 2.75) is 123 Å².